The van der Waals surface area contributed by atoms with E-state index in [1.165, 1.54) is 12.0 Å². The number of piperidine rings is 1. The van der Waals surface area contributed by atoms with Crippen LogP contribution in [0.3, 0.4) is 0 Å². The standard InChI is InChI=1S/C17H22N2O2/c1-13-11-14-7-3-4-8-15(14)19(13)17(21)12-16(20)18-9-5-2-6-10-18/h3-4,7-8,13H,2,5-6,9-12H2,1H3. The van der Waals surface area contributed by atoms with Gasteiger partial charge in [-0.15, -0.1) is 0 Å². The SMILES string of the molecule is CC1Cc2ccccc2N1C(=O)CC(=O)N1CCCCC1. The fraction of sp³-hybridized carbons (Fsp3) is 0.529. The molecule has 0 radical (unpaired) electrons. The van der Waals surface area contributed by atoms with Crippen LogP contribution in [0.15, 0.2) is 24.3 Å². The maximum Gasteiger partial charge on any atom is 0.236 e. The summed E-state index contributed by atoms with van der Waals surface area (Å²) in [5, 5.41) is 0. The third-order valence-electron chi connectivity index (χ3n) is 4.49. The van der Waals surface area contributed by atoms with Crippen molar-refractivity contribution < 1.29 is 9.59 Å². The van der Waals surface area contributed by atoms with E-state index >= 15 is 0 Å². The maximum absolute atomic E-state index is 12.5. The van der Waals surface area contributed by atoms with E-state index in [4.69, 9.17) is 0 Å². The van der Waals surface area contributed by atoms with Crippen LogP contribution in [0, 0.1) is 0 Å². The minimum Gasteiger partial charge on any atom is -0.342 e. The highest BCUT2D eigenvalue weighted by Crippen LogP contribution is 2.32. The third-order valence-corrected chi connectivity index (χ3v) is 4.49. The lowest BCUT2D eigenvalue weighted by molar-refractivity contribution is -0.136. The summed E-state index contributed by atoms with van der Waals surface area (Å²) in [5.74, 6) is -0.0840. The number of para-hydroxylation sites is 1. The number of fused-ring (bicyclic) bond motifs is 1. The normalized spacial score (nSPS) is 21.3. The molecule has 4 heteroatoms. The Morgan fingerprint density at radius 3 is 2.57 bits per heavy atom. The van der Waals surface area contributed by atoms with Crippen LogP contribution >= 0.6 is 0 Å². The smallest absolute Gasteiger partial charge is 0.236 e. The second kappa shape index (κ2) is 5.88. The molecule has 0 bridgehead atoms. The quantitative estimate of drug-likeness (QED) is 0.783. The van der Waals surface area contributed by atoms with Gasteiger partial charge in [0.2, 0.25) is 11.8 Å². The number of amides is 2. The van der Waals surface area contributed by atoms with Gasteiger partial charge in [0.15, 0.2) is 0 Å². The van der Waals surface area contributed by atoms with Gasteiger partial charge in [0, 0.05) is 24.8 Å². The molecule has 0 saturated carbocycles. The van der Waals surface area contributed by atoms with Crippen molar-refractivity contribution in [2.45, 2.75) is 45.1 Å². The Bertz CT molecular complexity index is 549. The molecular weight excluding hydrogens is 264 g/mol. The fourth-order valence-corrected chi connectivity index (χ4v) is 3.42. The van der Waals surface area contributed by atoms with E-state index in [0.717, 1.165) is 38.0 Å². The number of anilines is 1. The van der Waals surface area contributed by atoms with Crippen molar-refractivity contribution in [3.05, 3.63) is 29.8 Å². The molecule has 3 rings (SSSR count). The lowest BCUT2D eigenvalue weighted by atomic mass is 10.1. The number of likely N-dealkylation sites (tertiary alicyclic amines) is 1. The van der Waals surface area contributed by atoms with Gasteiger partial charge in [-0.3, -0.25) is 9.59 Å². The van der Waals surface area contributed by atoms with Crippen LogP contribution in [0.4, 0.5) is 5.69 Å². The highest BCUT2D eigenvalue weighted by Gasteiger charge is 2.32. The molecular formula is C17H22N2O2. The molecule has 21 heavy (non-hydrogen) atoms. The first-order valence-corrected chi connectivity index (χ1v) is 7.84. The molecule has 4 nitrogen and oxygen atoms in total. The molecule has 112 valence electrons. The summed E-state index contributed by atoms with van der Waals surface area (Å²) in [7, 11) is 0. The van der Waals surface area contributed by atoms with Gasteiger partial charge in [-0.2, -0.15) is 0 Å². The highest BCUT2D eigenvalue weighted by atomic mass is 16.2. The van der Waals surface area contributed by atoms with Gasteiger partial charge in [0.25, 0.3) is 0 Å². The first kappa shape index (κ1) is 14.1. The first-order valence-electron chi connectivity index (χ1n) is 7.84. The molecule has 1 unspecified atom stereocenters. The van der Waals surface area contributed by atoms with Crippen molar-refractivity contribution in [2.24, 2.45) is 0 Å². The van der Waals surface area contributed by atoms with Gasteiger partial charge < -0.3 is 9.80 Å². The van der Waals surface area contributed by atoms with E-state index in [9.17, 15) is 9.59 Å². The fourth-order valence-electron chi connectivity index (χ4n) is 3.42. The zero-order valence-electron chi connectivity index (χ0n) is 12.5. The van der Waals surface area contributed by atoms with E-state index in [0.29, 0.717) is 0 Å². The minimum absolute atomic E-state index is 0.00132. The van der Waals surface area contributed by atoms with E-state index < -0.39 is 0 Å². The van der Waals surface area contributed by atoms with Crippen molar-refractivity contribution in [1.29, 1.82) is 0 Å². The molecule has 2 amide bonds. The van der Waals surface area contributed by atoms with E-state index in [1.54, 1.807) is 4.90 Å². The van der Waals surface area contributed by atoms with Crippen molar-refractivity contribution >= 4 is 17.5 Å². The van der Waals surface area contributed by atoms with Crippen LogP contribution in [-0.2, 0) is 16.0 Å². The number of carbonyl (C=O) groups is 2. The summed E-state index contributed by atoms with van der Waals surface area (Å²) in [6, 6.07) is 8.12. The summed E-state index contributed by atoms with van der Waals surface area (Å²) < 4.78 is 0. The summed E-state index contributed by atoms with van der Waals surface area (Å²) >= 11 is 0. The predicted octanol–water partition coefficient (Wildman–Crippen LogP) is 2.37. The number of hydrogen-bond acceptors (Lipinski definition) is 2. The first-order chi connectivity index (χ1) is 10.2. The summed E-state index contributed by atoms with van der Waals surface area (Å²) in [6.07, 6.45) is 4.18. The Morgan fingerprint density at radius 2 is 1.81 bits per heavy atom. The average Bonchev–Trinajstić information content (AvgIpc) is 2.83. The Labute approximate surface area is 125 Å². The second-order valence-electron chi connectivity index (χ2n) is 6.06. The van der Waals surface area contributed by atoms with Gasteiger partial charge in [-0.25, -0.2) is 0 Å². The van der Waals surface area contributed by atoms with E-state index in [2.05, 4.69) is 6.07 Å². The maximum atomic E-state index is 12.5. The van der Waals surface area contributed by atoms with Gasteiger partial charge in [0.1, 0.15) is 6.42 Å². The third kappa shape index (κ3) is 2.80. The Kier molecular flexibility index (Phi) is 3.95. The van der Waals surface area contributed by atoms with Crippen LogP contribution in [-0.4, -0.2) is 35.8 Å². The minimum atomic E-state index is -0.0666. The molecule has 2 heterocycles. The average molecular weight is 286 g/mol. The number of benzene rings is 1. The van der Waals surface area contributed by atoms with Crippen molar-refractivity contribution in [1.82, 2.24) is 4.90 Å². The van der Waals surface area contributed by atoms with Gasteiger partial charge in [-0.05, 0) is 44.2 Å². The molecule has 0 N–H and O–H groups in total. The Hall–Kier alpha value is -1.84. The molecule has 1 aromatic carbocycles. The topological polar surface area (TPSA) is 40.6 Å². The Morgan fingerprint density at radius 1 is 1.10 bits per heavy atom. The molecule has 1 saturated heterocycles. The zero-order valence-corrected chi connectivity index (χ0v) is 12.5. The lowest BCUT2D eigenvalue weighted by Crippen LogP contribution is -2.42. The van der Waals surface area contributed by atoms with Crippen molar-refractivity contribution in [3.8, 4) is 0 Å². The molecule has 1 atom stereocenters. The van der Waals surface area contributed by atoms with Crippen molar-refractivity contribution in [2.75, 3.05) is 18.0 Å². The molecule has 1 aromatic rings. The van der Waals surface area contributed by atoms with Crippen molar-refractivity contribution in [3.63, 3.8) is 0 Å². The van der Waals surface area contributed by atoms with Gasteiger partial charge in [-0.1, -0.05) is 18.2 Å². The highest BCUT2D eigenvalue weighted by molar-refractivity contribution is 6.06. The number of nitrogens with zero attached hydrogens (tertiary/aromatic N) is 2. The number of hydrogen-bond donors (Lipinski definition) is 0. The molecule has 0 aromatic heterocycles. The van der Waals surface area contributed by atoms with Crippen LogP contribution in [0.25, 0.3) is 0 Å². The monoisotopic (exact) mass is 286 g/mol. The molecule has 0 aliphatic carbocycles. The van der Waals surface area contributed by atoms with Crippen LogP contribution in [0.1, 0.15) is 38.2 Å². The lowest BCUT2D eigenvalue weighted by Gasteiger charge is -2.28. The molecule has 0 spiro atoms. The zero-order chi connectivity index (χ0) is 14.8. The summed E-state index contributed by atoms with van der Waals surface area (Å²) in [4.78, 5) is 28.5. The second-order valence-corrected chi connectivity index (χ2v) is 6.06. The largest absolute Gasteiger partial charge is 0.342 e. The van der Waals surface area contributed by atoms with Crippen LogP contribution < -0.4 is 4.90 Å². The molecule has 2 aliphatic heterocycles. The predicted molar refractivity (Wildman–Crippen MR) is 82.1 cm³/mol. The van der Waals surface area contributed by atoms with Crippen LogP contribution in [0.5, 0.6) is 0 Å². The van der Waals surface area contributed by atoms with Gasteiger partial charge >= 0.3 is 0 Å². The number of rotatable bonds is 2. The molecule has 2 aliphatic rings. The Balaban J connectivity index is 1.69. The van der Waals surface area contributed by atoms with Crippen LogP contribution in [0.2, 0.25) is 0 Å². The number of carbonyl (C=O) groups excluding carboxylic acids is 2. The van der Waals surface area contributed by atoms with E-state index in [1.807, 2.05) is 30.0 Å². The molecule has 1 fully saturated rings. The van der Waals surface area contributed by atoms with E-state index in [-0.39, 0.29) is 24.3 Å². The van der Waals surface area contributed by atoms with Gasteiger partial charge in [0.05, 0.1) is 0 Å². The summed E-state index contributed by atoms with van der Waals surface area (Å²) in [6.45, 7) is 3.65. The summed E-state index contributed by atoms with van der Waals surface area (Å²) in [5.41, 5.74) is 2.17.